The van der Waals surface area contributed by atoms with Gasteiger partial charge in [0.25, 0.3) is 5.91 Å². The van der Waals surface area contributed by atoms with Crippen LogP contribution >= 0.6 is 0 Å². The SMILES string of the molecule is Cc1c[nH]cc1C(=O)N(CCc1ccccc1)CC(=O)O. The number of carbonyl (C=O) groups is 2. The lowest BCUT2D eigenvalue weighted by Gasteiger charge is -2.20. The molecule has 0 aliphatic heterocycles. The minimum absolute atomic E-state index is 0.257. The number of nitrogens with one attached hydrogen (secondary N) is 1. The van der Waals surface area contributed by atoms with Crippen molar-refractivity contribution in [3.8, 4) is 0 Å². The van der Waals surface area contributed by atoms with Gasteiger partial charge in [-0.05, 0) is 24.5 Å². The molecule has 0 bridgehead atoms. The Morgan fingerprint density at radius 3 is 2.48 bits per heavy atom. The highest BCUT2D eigenvalue weighted by atomic mass is 16.4. The van der Waals surface area contributed by atoms with Crippen LogP contribution < -0.4 is 0 Å². The van der Waals surface area contributed by atoms with E-state index < -0.39 is 5.97 Å². The van der Waals surface area contributed by atoms with Gasteiger partial charge in [-0.1, -0.05) is 30.3 Å². The Balaban J connectivity index is 2.09. The average Bonchev–Trinajstić information content (AvgIpc) is 2.89. The first-order chi connectivity index (χ1) is 10.1. The molecule has 0 spiro atoms. The molecule has 1 heterocycles. The number of rotatable bonds is 6. The van der Waals surface area contributed by atoms with Gasteiger partial charge in [0, 0.05) is 18.9 Å². The van der Waals surface area contributed by atoms with Gasteiger partial charge in [-0.3, -0.25) is 9.59 Å². The van der Waals surface area contributed by atoms with Crippen molar-refractivity contribution in [2.75, 3.05) is 13.1 Å². The van der Waals surface area contributed by atoms with E-state index >= 15 is 0 Å². The van der Waals surface area contributed by atoms with Gasteiger partial charge >= 0.3 is 5.97 Å². The van der Waals surface area contributed by atoms with Crippen molar-refractivity contribution in [2.45, 2.75) is 13.3 Å². The molecule has 110 valence electrons. The number of carboxylic acid groups (broad SMARTS) is 1. The molecular formula is C16H18N2O3. The number of benzene rings is 1. The maximum absolute atomic E-state index is 12.4. The van der Waals surface area contributed by atoms with Gasteiger partial charge in [0.15, 0.2) is 0 Å². The van der Waals surface area contributed by atoms with Crippen LogP contribution in [0.4, 0.5) is 0 Å². The molecule has 0 aliphatic rings. The predicted molar refractivity (Wildman–Crippen MR) is 79.2 cm³/mol. The van der Waals surface area contributed by atoms with Crippen LogP contribution in [0.1, 0.15) is 21.5 Å². The predicted octanol–water partition coefficient (Wildman–Crippen LogP) is 2.09. The third-order valence-electron chi connectivity index (χ3n) is 3.31. The molecule has 5 heteroatoms. The number of H-pyrrole nitrogens is 1. The molecule has 2 aromatic rings. The molecule has 5 nitrogen and oxygen atoms in total. The molecule has 2 N–H and O–H groups in total. The monoisotopic (exact) mass is 286 g/mol. The lowest BCUT2D eigenvalue weighted by Crippen LogP contribution is -2.37. The third-order valence-corrected chi connectivity index (χ3v) is 3.31. The third kappa shape index (κ3) is 3.95. The highest BCUT2D eigenvalue weighted by Crippen LogP contribution is 2.11. The second-order valence-corrected chi connectivity index (χ2v) is 4.91. The zero-order chi connectivity index (χ0) is 15.2. The van der Waals surface area contributed by atoms with Gasteiger partial charge < -0.3 is 15.0 Å². The fourth-order valence-electron chi connectivity index (χ4n) is 2.17. The summed E-state index contributed by atoms with van der Waals surface area (Å²) in [5.74, 6) is -1.27. The Kier molecular flexibility index (Phi) is 4.77. The van der Waals surface area contributed by atoms with Crippen LogP contribution in [0.25, 0.3) is 0 Å². The quantitative estimate of drug-likeness (QED) is 0.854. The van der Waals surface area contributed by atoms with Crippen LogP contribution in [0.5, 0.6) is 0 Å². The Morgan fingerprint density at radius 2 is 1.90 bits per heavy atom. The Bertz CT molecular complexity index is 619. The molecule has 0 fully saturated rings. The van der Waals surface area contributed by atoms with Crippen LogP contribution in [0.2, 0.25) is 0 Å². The lowest BCUT2D eigenvalue weighted by molar-refractivity contribution is -0.137. The van der Waals surface area contributed by atoms with E-state index in [4.69, 9.17) is 5.11 Å². The largest absolute Gasteiger partial charge is 0.480 e. The van der Waals surface area contributed by atoms with Crippen molar-refractivity contribution in [3.63, 3.8) is 0 Å². The second kappa shape index (κ2) is 6.74. The van der Waals surface area contributed by atoms with Gasteiger partial charge in [-0.25, -0.2) is 0 Å². The van der Waals surface area contributed by atoms with E-state index in [9.17, 15) is 9.59 Å². The Labute approximate surface area is 123 Å². The van der Waals surface area contributed by atoms with Crippen LogP contribution in [0.3, 0.4) is 0 Å². The Morgan fingerprint density at radius 1 is 1.19 bits per heavy atom. The molecule has 1 amide bonds. The minimum Gasteiger partial charge on any atom is -0.480 e. The van der Waals surface area contributed by atoms with Crippen LogP contribution in [-0.2, 0) is 11.2 Å². The zero-order valence-corrected chi connectivity index (χ0v) is 11.9. The number of hydrogen-bond acceptors (Lipinski definition) is 2. The van der Waals surface area contributed by atoms with E-state index in [1.807, 2.05) is 37.3 Å². The highest BCUT2D eigenvalue weighted by Gasteiger charge is 2.20. The number of aromatic amines is 1. The zero-order valence-electron chi connectivity index (χ0n) is 11.9. The number of carboxylic acids is 1. The van der Waals surface area contributed by atoms with E-state index in [1.54, 1.807) is 12.4 Å². The summed E-state index contributed by atoms with van der Waals surface area (Å²) in [4.78, 5) is 27.6. The minimum atomic E-state index is -1.01. The van der Waals surface area contributed by atoms with Crippen molar-refractivity contribution in [1.29, 1.82) is 0 Å². The lowest BCUT2D eigenvalue weighted by atomic mass is 10.1. The van der Waals surface area contributed by atoms with Crippen molar-refractivity contribution in [2.24, 2.45) is 0 Å². The molecule has 21 heavy (non-hydrogen) atoms. The summed E-state index contributed by atoms with van der Waals surface area (Å²) < 4.78 is 0. The first-order valence-electron chi connectivity index (χ1n) is 6.76. The molecular weight excluding hydrogens is 268 g/mol. The number of amides is 1. The summed E-state index contributed by atoms with van der Waals surface area (Å²) in [6.07, 6.45) is 3.96. The van der Waals surface area contributed by atoms with Crippen LogP contribution in [0, 0.1) is 6.92 Å². The highest BCUT2D eigenvalue weighted by molar-refractivity contribution is 5.97. The summed E-state index contributed by atoms with van der Waals surface area (Å²) in [6, 6.07) is 9.70. The van der Waals surface area contributed by atoms with Gasteiger partial charge in [-0.15, -0.1) is 0 Å². The smallest absolute Gasteiger partial charge is 0.323 e. The van der Waals surface area contributed by atoms with Crippen molar-refractivity contribution >= 4 is 11.9 Å². The van der Waals surface area contributed by atoms with Crippen molar-refractivity contribution in [3.05, 3.63) is 59.4 Å². The molecule has 0 radical (unpaired) electrons. The fraction of sp³-hybridized carbons (Fsp3) is 0.250. The first kappa shape index (κ1) is 14.8. The number of nitrogens with zero attached hydrogens (tertiary/aromatic N) is 1. The van der Waals surface area contributed by atoms with Gasteiger partial charge in [0.2, 0.25) is 0 Å². The van der Waals surface area contributed by atoms with E-state index in [0.29, 0.717) is 18.5 Å². The number of carbonyl (C=O) groups excluding carboxylic acids is 1. The van der Waals surface area contributed by atoms with E-state index in [1.165, 1.54) is 4.90 Å². The summed E-state index contributed by atoms with van der Waals surface area (Å²) in [5.41, 5.74) is 2.41. The summed E-state index contributed by atoms with van der Waals surface area (Å²) >= 11 is 0. The van der Waals surface area contributed by atoms with Gasteiger partial charge in [0.05, 0.1) is 5.56 Å². The molecule has 1 aromatic heterocycles. The molecule has 0 atom stereocenters. The maximum Gasteiger partial charge on any atom is 0.323 e. The molecule has 0 saturated heterocycles. The molecule has 1 aromatic carbocycles. The topological polar surface area (TPSA) is 73.4 Å². The van der Waals surface area contributed by atoms with Gasteiger partial charge in [0.1, 0.15) is 6.54 Å². The summed E-state index contributed by atoms with van der Waals surface area (Å²) in [7, 11) is 0. The van der Waals surface area contributed by atoms with Crippen molar-refractivity contribution < 1.29 is 14.7 Å². The molecule has 0 saturated carbocycles. The van der Waals surface area contributed by atoms with Crippen LogP contribution in [0.15, 0.2) is 42.7 Å². The number of aliphatic carboxylic acids is 1. The standard InChI is InChI=1S/C16H18N2O3/c1-12-9-17-10-14(12)16(21)18(11-15(19)20)8-7-13-5-3-2-4-6-13/h2-6,9-10,17H,7-8,11H2,1H3,(H,19,20). The van der Waals surface area contributed by atoms with E-state index in [0.717, 1.165) is 11.1 Å². The average molecular weight is 286 g/mol. The summed E-state index contributed by atoms with van der Waals surface area (Å²) in [5, 5.41) is 9.00. The molecule has 2 rings (SSSR count). The second-order valence-electron chi connectivity index (χ2n) is 4.91. The Hall–Kier alpha value is -2.56. The first-order valence-corrected chi connectivity index (χ1v) is 6.76. The normalized spacial score (nSPS) is 10.3. The van der Waals surface area contributed by atoms with Gasteiger partial charge in [-0.2, -0.15) is 0 Å². The van der Waals surface area contributed by atoms with E-state index in [2.05, 4.69) is 4.98 Å². The fourth-order valence-corrected chi connectivity index (χ4v) is 2.17. The van der Waals surface area contributed by atoms with Crippen molar-refractivity contribution in [1.82, 2.24) is 9.88 Å². The number of aryl methyl sites for hydroxylation is 1. The van der Waals surface area contributed by atoms with E-state index in [-0.39, 0.29) is 12.5 Å². The summed E-state index contributed by atoms with van der Waals surface area (Å²) in [6.45, 7) is 1.90. The number of aromatic nitrogens is 1. The molecule has 0 aliphatic carbocycles. The maximum atomic E-state index is 12.4. The number of hydrogen-bond donors (Lipinski definition) is 2. The molecule has 0 unspecified atom stereocenters. The van der Waals surface area contributed by atoms with Crippen LogP contribution in [-0.4, -0.2) is 40.0 Å².